The lowest BCUT2D eigenvalue weighted by molar-refractivity contribution is 0.732. The highest BCUT2D eigenvalue weighted by molar-refractivity contribution is 5.32. The molecule has 0 saturated carbocycles. The summed E-state index contributed by atoms with van der Waals surface area (Å²) in [6, 6.07) is 4.22. The minimum atomic E-state index is 0.161. The van der Waals surface area contributed by atoms with E-state index in [0.717, 1.165) is 29.2 Å². The molecule has 2 rings (SSSR count). The van der Waals surface area contributed by atoms with E-state index in [1.165, 1.54) is 5.56 Å². The first-order valence-corrected chi connectivity index (χ1v) is 6.22. The summed E-state index contributed by atoms with van der Waals surface area (Å²) in [5.41, 5.74) is 10.3. The molecule has 4 heteroatoms. The van der Waals surface area contributed by atoms with Crippen molar-refractivity contribution in [1.29, 1.82) is 0 Å². The van der Waals surface area contributed by atoms with Crippen molar-refractivity contribution in [2.45, 2.75) is 40.2 Å². The predicted molar refractivity (Wildman–Crippen MR) is 72.9 cm³/mol. The summed E-state index contributed by atoms with van der Waals surface area (Å²) in [7, 11) is 0. The number of hydrogen-bond donors (Lipinski definition) is 1. The molecule has 0 aliphatic heterocycles. The maximum Gasteiger partial charge on any atom is 0.153 e. The summed E-state index contributed by atoms with van der Waals surface area (Å²) < 4.78 is 1.89. The summed E-state index contributed by atoms with van der Waals surface area (Å²) in [5.74, 6) is 0.858. The molecule has 1 unspecified atom stereocenters. The summed E-state index contributed by atoms with van der Waals surface area (Å²) >= 11 is 0. The minimum absolute atomic E-state index is 0.161. The molecule has 0 aromatic carbocycles. The summed E-state index contributed by atoms with van der Waals surface area (Å²) in [6.07, 6.45) is 2.73. The smallest absolute Gasteiger partial charge is 0.153 e. The van der Waals surface area contributed by atoms with Gasteiger partial charge in [0, 0.05) is 17.9 Å². The van der Waals surface area contributed by atoms with Gasteiger partial charge in [-0.2, -0.15) is 5.10 Å². The largest absolute Gasteiger partial charge is 0.328 e. The lowest BCUT2D eigenvalue weighted by Gasteiger charge is -2.07. The molecule has 0 saturated heterocycles. The summed E-state index contributed by atoms with van der Waals surface area (Å²) in [4.78, 5) is 4.46. The quantitative estimate of drug-likeness (QED) is 0.899. The number of aryl methyl sites for hydroxylation is 1. The molecule has 2 N–H and O–H groups in total. The van der Waals surface area contributed by atoms with Crippen molar-refractivity contribution in [3.63, 3.8) is 0 Å². The van der Waals surface area contributed by atoms with Crippen molar-refractivity contribution < 1.29 is 0 Å². The summed E-state index contributed by atoms with van der Waals surface area (Å²) in [5, 5.41) is 4.50. The Labute approximate surface area is 108 Å². The molecular formula is C14H20N4. The van der Waals surface area contributed by atoms with E-state index in [1.807, 2.05) is 30.8 Å². The van der Waals surface area contributed by atoms with Gasteiger partial charge in [0.2, 0.25) is 0 Å². The summed E-state index contributed by atoms with van der Waals surface area (Å²) in [6.45, 7) is 8.16. The third kappa shape index (κ3) is 2.43. The second kappa shape index (κ2) is 4.90. The molecular weight excluding hydrogens is 224 g/mol. The third-order valence-corrected chi connectivity index (χ3v) is 3.24. The molecule has 0 amide bonds. The van der Waals surface area contributed by atoms with E-state index in [1.54, 1.807) is 0 Å². The van der Waals surface area contributed by atoms with Crippen LogP contribution in [0.25, 0.3) is 5.82 Å². The fourth-order valence-corrected chi connectivity index (χ4v) is 1.98. The Morgan fingerprint density at radius 1 is 1.28 bits per heavy atom. The van der Waals surface area contributed by atoms with Gasteiger partial charge in [0.1, 0.15) is 0 Å². The molecule has 0 spiro atoms. The topological polar surface area (TPSA) is 56.7 Å². The number of nitrogens with zero attached hydrogens (tertiary/aromatic N) is 3. The average molecular weight is 244 g/mol. The zero-order valence-corrected chi connectivity index (χ0v) is 11.4. The van der Waals surface area contributed by atoms with Crippen LogP contribution in [0.3, 0.4) is 0 Å². The van der Waals surface area contributed by atoms with E-state index in [-0.39, 0.29) is 6.04 Å². The van der Waals surface area contributed by atoms with Crippen molar-refractivity contribution in [3.05, 3.63) is 40.8 Å². The first-order valence-electron chi connectivity index (χ1n) is 6.22. The van der Waals surface area contributed by atoms with Crippen LogP contribution in [0.4, 0.5) is 0 Å². The molecule has 0 aliphatic rings. The highest BCUT2D eigenvalue weighted by Crippen LogP contribution is 2.15. The monoisotopic (exact) mass is 244 g/mol. The highest BCUT2D eigenvalue weighted by atomic mass is 15.3. The molecule has 0 radical (unpaired) electrons. The van der Waals surface area contributed by atoms with Gasteiger partial charge < -0.3 is 5.73 Å². The molecule has 96 valence electrons. The molecule has 18 heavy (non-hydrogen) atoms. The van der Waals surface area contributed by atoms with E-state index < -0.39 is 0 Å². The van der Waals surface area contributed by atoms with Crippen LogP contribution in [0.2, 0.25) is 0 Å². The second-order valence-electron chi connectivity index (χ2n) is 4.91. The maximum absolute atomic E-state index is 5.78. The van der Waals surface area contributed by atoms with Gasteiger partial charge in [0.25, 0.3) is 0 Å². The maximum atomic E-state index is 5.78. The Morgan fingerprint density at radius 3 is 2.44 bits per heavy atom. The first kappa shape index (κ1) is 12.8. The van der Waals surface area contributed by atoms with E-state index >= 15 is 0 Å². The van der Waals surface area contributed by atoms with Crippen LogP contribution in [-0.2, 0) is 6.42 Å². The standard InChI is InChI=1S/C14H20N4/c1-9(15)7-13-5-6-14(16-8-13)18-12(4)10(2)11(3)17-18/h5-6,8-9H,7,15H2,1-4H3. The van der Waals surface area contributed by atoms with Crippen molar-refractivity contribution in [3.8, 4) is 5.82 Å². The van der Waals surface area contributed by atoms with E-state index in [2.05, 4.69) is 30.0 Å². The average Bonchev–Trinajstić information content (AvgIpc) is 2.57. The van der Waals surface area contributed by atoms with Crippen molar-refractivity contribution in [1.82, 2.24) is 14.8 Å². The molecule has 2 aromatic rings. The van der Waals surface area contributed by atoms with Crippen LogP contribution in [0.5, 0.6) is 0 Å². The Morgan fingerprint density at radius 2 is 2.00 bits per heavy atom. The molecule has 0 fully saturated rings. The molecule has 0 bridgehead atoms. The van der Waals surface area contributed by atoms with Crippen LogP contribution in [-0.4, -0.2) is 20.8 Å². The molecule has 0 aliphatic carbocycles. The zero-order valence-electron chi connectivity index (χ0n) is 11.4. The SMILES string of the molecule is Cc1nn(-c2ccc(CC(C)N)cn2)c(C)c1C. The van der Waals surface area contributed by atoms with E-state index in [0.29, 0.717) is 0 Å². The fourth-order valence-electron chi connectivity index (χ4n) is 1.98. The van der Waals surface area contributed by atoms with Crippen LogP contribution in [0, 0.1) is 20.8 Å². The zero-order chi connectivity index (χ0) is 13.3. The number of nitrogens with two attached hydrogens (primary N) is 1. The van der Waals surface area contributed by atoms with Gasteiger partial charge in [-0.05, 0) is 51.3 Å². The van der Waals surface area contributed by atoms with E-state index in [4.69, 9.17) is 5.73 Å². The Kier molecular flexibility index (Phi) is 3.48. The van der Waals surface area contributed by atoms with Crippen LogP contribution in [0.15, 0.2) is 18.3 Å². The molecule has 2 heterocycles. The lowest BCUT2D eigenvalue weighted by Crippen LogP contribution is -2.17. The lowest BCUT2D eigenvalue weighted by atomic mass is 10.1. The van der Waals surface area contributed by atoms with Gasteiger partial charge in [-0.15, -0.1) is 0 Å². The third-order valence-electron chi connectivity index (χ3n) is 3.24. The first-order chi connectivity index (χ1) is 8.49. The van der Waals surface area contributed by atoms with Crippen molar-refractivity contribution >= 4 is 0 Å². The Hall–Kier alpha value is -1.68. The van der Waals surface area contributed by atoms with Crippen molar-refractivity contribution in [2.24, 2.45) is 5.73 Å². The molecule has 2 aromatic heterocycles. The number of hydrogen-bond acceptors (Lipinski definition) is 3. The van der Waals surface area contributed by atoms with Gasteiger partial charge in [-0.1, -0.05) is 6.07 Å². The minimum Gasteiger partial charge on any atom is -0.328 e. The normalized spacial score (nSPS) is 12.7. The van der Waals surface area contributed by atoms with Gasteiger partial charge >= 0.3 is 0 Å². The number of aromatic nitrogens is 3. The predicted octanol–water partition coefficient (Wildman–Crippen LogP) is 2.08. The van der Waals surface area contributed by atoms with Crippen LogP contribution in [0.1, 0.15) is 29.4 Å². The van der Waals surface area contributed by atoms with Crippen LogP contribution < -0.4 is 5.73 Å². The van der Waals surface area contributed by atoms with E-state index in [9.17, 15) is 0 Å². The van der Waals surface area contributed by atoms with Gasteiger partial charge in [-0.25, -0.2) is 9.67 Å². The number of rotatable bonds is 3. The second-order valence-corrected chi connectivity index (χ2v) is 4.91. The van der Waals surface area contributed by atoms with Gasteiger partial charge in [0.05, 0.1) is 5.69 Å². The van der Waals surface area contributed by atoms with Gasteiger partial charge in [-0.3, -0.25) is 0 Å². The molecule has 4 nitrogen and oxygen atoms in total. The van der Waals surface area contributed by atoms with Gasteiger partial charge in [0.15, 0.2) is 5.82 Å². The van der Waals surface area contributed by atoms with Crippen LogP contribution >= 0.6 is 0 Å². The fraction of sp³-hybridized carbons (Fsp3) is 0.429. The Balaban J connectivity index is 2.31. The van der Waals surface area contributed by atoms with Crippen molar-refractivity contribution in [2.75, 3.05) is 0 Å². The number of pyridine rings is 1. The molecule has 1 atom stereocenters. The Bertz CT molecular complexity index is 538. The highest BCUT2D eigenvalue weighted by Gasteiger charge is 2.09.